The number of halogens is 1. The maximum absolute atomic E-state index is 6.14. The second-order valence-corrected chi connectivity index (χ2v) is 7.31. The summed E-state index contributed by atoms with van der Waals surface area (Å²) in [5, 5.41) is 4.05. The number of thioether (sulfide) groups is 1. The molecule has 0 bridgehead atoms. The van der Waals surface area contributed by atoms with Gasteiger partial charge in [-0.25, -0.2) is 0 Å². The summed E-state index contributed by atoms with van der Waals surface area (Å²) in [5.41, 5.74) is 7.42. The lowest BCUT2D eigenvalue weighted by Crippen LogP contribution is -2.28. The van der Waals surface area contributed by atoms with Crippen molar-refractivity contribution < 1.29 is 0 Å². The third-order valence-corrected chi connectivity index (χ3v) is 5.27. The highest BCUT2D eigenvalue weighted by Gasteiger charge is 2.29. The van der Waals surface area contributed by atoms with Crippen LogP contribution in [0.4, 0.5) is 5.69 Å². The molecule has 1 aliphatic rings. The summed E-state index contributed by atoms with van der Waals surface area (Å²) in [6.45, 7) is 3.20. The monoisotopic (exact) mass is 300 g/mol. The van der Waals surface area contributed by atoms with E-state index in [1.165, 1.54) is 18.6 Å². The third kappa shape index (κ3) is 3.11. The number of rotatable bonds is 4. The van der Waals surface area contributed by atoms with Crippen LogP contribution in [-0.2, 0) is 0 Å². The van der Waals surface area contributed by atoms with Crippen molar-refractivity contribution in [2.24, 2.45) is 5.73 Å². The summed E-state index contributed by atoms with van der Waals surface area (Å²) < 4.78 is 0.301. The molecule has 1 unspecified atom stereocenters. The Morgan fingerprint density at radius 1 is 1.61 bits per heavy atom. The van der Waals surface area contributed by atoms with Gasteiger partial charge in [-0.15, -0.1) is 0 Å². The van der Waals surface area contributed by atoms with E-state index in [1.807, 2.05) is 30.0 Å². The molecule has 2 nitrogen and oxygen atoms in total. The van der Waals surface area contributed by atoms with Gasteiger partial charge in [-0.1, -0.05) is 29.9 Å². The van der Waals surface area contributed by atoms with Gasteiger partial charge in [0.2, 0.25) is 0 Å². The second-order valence-electron chi connectivity index (χ2n) is 4.78. The predicted molar refractivity (Wildman–Crippen MR) is 85.9 cm³/mol. The van der Waals surface area contributed by atoms with Gasteiger partial charge >= 0.3 is 0 Å². The Kier molecular flexibility index (Phi) is 4.41. The molecule has 0 spiro atoms. The number of nitrogens with two attached hydrogens (primary N) is 1. The Bertz CT molecular complexity index is 456. The van der Waals surface area contributed by atoms with Crippen molar-refractivity contribution in [1.29, 1.82) is 0 Å². The highest BCUT2D eigenvalue weighted by molar-refractivity contribution is 8.00. The third-order valence-electron chi connectivity index (χ3n) is 3.21. The van der Waals surface area contributed by atoms with E-state index in [0.29, 0.717) is 14.8 Å². The molecule has 1 fully saturated rings. The summed E-state index contributed by atoms with van der Waals surface area (Å²) in [6.07, 6.45) is 2.54. The fourth-order valence-electron chi connectivity index (χ4n) is 2.18. The van der Waals surface area contributed by atoms with Crippen LogP contribution >= 0.6 is 35.6 Å². The van der Waals surface area contributed by atoms with Gasteiger partial charge in [-0.2, -0.15) is 11.8 Å². The van der Waals surface area contributed by atoms with Gasteiger partial charge in [0.05, 0.1) is 10.6 Å². The molecular formula is C13H17ClN2S2. The van der Waals surface area contributed by atoms with Crippen LogP contribution < -0.4 is 11.1 Å². The highest BCUT2D eigenvalue weighted by atomic mass is 35.5. The van der Waals surface area contributed by atoms with Crippen molar-refractivity contribution in [2.45, 2.75) is 24.5 Å². The van der Waals surface area contributed by atoms with Gasteiger partial charge in [0, 0.05) is 17.0 Å². The number of nitrogens with one attached hydrogen (secondary N) is 1. The lowest BCUT2D eigenvalue weighted by atomic mass is 10.1. The summed E-state index contributed by atoms with van der Waals surface area (Å²) in [5.74, 6) is 1.25. The van der Waals surface area contributed by atoms with Crippen LogP contribution in [0.2, 0.25) is 5.02 Å². The van der Waals surface area contributed by atoms with E-state index in [1.54, 1.807) is 0 Å². The Morgan fingerprint density at radius 2 is 2.39 bits per heavy atom. The fraction of sp³-hybridized carbons (Fsp3) is 0.462. The van der Waals surface area contributed by atoms with Crippen LogP contribution in [0.15, 0.2) is 18.2 Å². The molecule has 2 rings (SSSR count). The lowest BCUT2D eigenvalue weighted by Gasteiger charge is -2.24. The van der Waals surface area contributed by atoms with Crippen molar-refractivity contribution in [2.75, 3.05) is 17.6 Å². The number of benzene rings is 1. The molecular weight excluding hydrogens is 284 g/mol. The lowest BCUT2D eigenvalue weighted by molar-refractivity contribution is 0.635. The smallest absolute Gasteiger partial charge is 0.107 e. The normalized spacial score (nSPS) is 23.0. The van der Waals surface area contributed by atoms with Gasteiger partial charge in [0.1, 0.15) is 4.99 Å². The molecule has 1 aliphatic heterocycles. The Balaban J connectivity index is 2.14. The fourth-order valence-corrected chi connectivity index (χ4v) is 3.98. The quantitative estimate of drug-likeness (QED) is 0.832. The Labute approximate surface area is 123 Å². The first-order valence-corrected chi connectivity index (χ1v) is 7.75. The van der Waals surface area contributed by atoms with E-state index in [4.69, 9.17) is 29.6 Å². The Hall–Kier alpha value is -0.450. The summed E-state index contributed by atoms with van der Waals surface area (Å²) in [4.78, 5) is 0.340. The topological polar surface area (TPSA) is 38.0 Å². The molecule has 0 saturated carbocycles. The maximum atomic E-state index is 6.14. The molecule has 0 aromatic heterocycles. The number of anilines is 1. The van der Waals surface area contributed by atoms with Crippen LogP contribution in [0, 0.1) is 0 Å². The van der Waals surface area contributed by atoms with Gasteiger partial charge < -0.3 is 11.1 Å². The molecule has 1 aromatic rings. The molecule has 0 aliphatic carbocycles. The number of thiocarbonyl (C=S) groups is 1. The molecule has 0 amide bonds. The van der Waals surface area contributed by atoms with E-state index in [-0.39, 0.29) is 0 Å². The summed E-state index contributed by atoms with van der Waals surface area (Å²) in [7, 11) is 0. The Morgan fingerprint density at radius 3 is 3.00 bits per heavy atom. The van der Waals surface area contributed by atoms with Crippen molar-refractivity contribution in [3.8, 4) is 0 Å². The zero-order valence-corrected chi connectivity index (χ0v) is 12.7. The van der Waals surface area contributed by atoms with E-state index in [0.717, 1.165) is 17.8 Å². The first kappa shape index (κ1) is 14.0. The molecule has 0 radical (unpaired) electrons. The molecule has 1 atom stereocenters. The van der Waals surface area contributed by atoms with E-state index < -0.39 is 0 Å². The van der Waals surface area contributed by atoms with Crippen LogP contribution in [0.3, 0.4) is 0 Å². The number of hydrogen-bond donors (Lipinski definition) is 2. The standard InChI is InChI=1S/C13H17ClN2S2/c1-13(6-3-7-18-13)8-16-10-5-2-4-9(14)11(10)12(15)17/h2,4-5,16H,3,6-8H2,1H3,(H2,15,17). The van der Waals surface area contributed by atoms with Gasteiger partial charge in [-0.3, -0.25) is 0 Å². The van der Waals surface area contributed by atoms with E-state index in [2.05, 4.69) is 12.2 Å². The zero-order chi connectivity index (χ0) is 13.2. The average molecular weight is 301 g/mol. The van der Waals surface area contributed by atoms with E-state index in [9.17, 15) is 0 Å². The molecule has 3 N–H and O–H groups in total. The minimum Gasteiger partial charge on any atom is -0.389 e. The van der Waals surface area contributed by atoms with Crippen molar-refractivity contribution in [3.63, 3.8) is 0 Å². The SMILES string of the molecule is CC1(CNc2cccc(Cl)c2C(N)=S)CCCS1. The molecule has 5 heteroatoms. The first-order chi connectivity index (χ1) is 8.52. The van der Waals surface area contributed by atoms with Crippen molar-refractivity contribution >= 4 is 46.3 Å². The molecule has 1 aromatic carbocycles. The van der Waals surface area contributed by atoms with Crippen molar-refractivity contribution in [1.82, 2.24) is 0 Å². The number of hydrogen-bond acceptors (Lipinski definition) is 3. The molecule has 1 heterocycles. The molecule has 18 heavy (non-hydrogen) atoms. The summed E-state index contributed by atoms with van der Waals surface area (Å²) >= 11 is 13.2. The minimum absolute atomic E-state index is 0.301. The van der Waals surface area contributed by atoms with Crippen LogP contribution in [0.5, 0.6) is 0 Å². The second kappa shape index (κ2) is 5.68. The van der Waals surface area contributed by atoms with Crippen LogP contribution in [-0.4, -0.2) is 22.0 Å². The first-order valence-electron chi connectivity index (χ1n) is 5.98. The highest BCUT2D eigenvalue weighted by Crippen LogP contribution is 2.38. The minimum atomic E-state index is 0.301. The van der Waals surface area contributed by atoms with Crippen LogP contribution in [0.25, 0.3) is 0 Å². The molecule has 1 saturated heterocycles. The average Bonchev–Trinajstić information content (AvgIpc) is 2.73. The van der Waals surface area contributed by atoms with Gasteiger partial charge in [0.15, 0.2) is 0 Å². The predicted octanol–water partition coefficient (Wildman–Crippen LogP) is 3.67. The van der Waals surface area contributed by atoms with Gasteiger partial charge in [-0.05, 0) is 37.7 Å². The largest absolute Gasteiger partial charge is 0.389 e. The van der Waals surface area contributed by atoms with E-state index >= 15 is 0 Å². The maximum Gasteiger partial charge on any atom is 0.107 e. The zero-order valence-electron chi connectivity index (χ0n) is 10.3. The molecule has 98 valence electrons. The van der Waals surface area contributed by atoms with Crippen molar-refractivity contribution in [3.05, 3.63) is 28.8 Å². The van der Waals surface area contributed by atoms with Gasteiger partial charge in [0.25, 0.3) is 0 Å². The summed E-state index contributed by atoms with van der Waals surface area (Å²) in [6, 6.07) is 5.70. The van der Waals surface area contributed by atoms with Crippen LogP contribution in [0.1, 0.15) is 25.3 Å².